The van der Waals surface area contributed by atoms with Crippen molar-refractivity contribution in [2.24, 2.45) is 17.8 Å². The van der Waals surface area contributed by atoms with E-state index in [0.29, 0.717) is 43.7 Å². The van der Waals surface area contributed by atoms with E-state index in [2.05, 4.69) is 26.2 Å². The quantitative estimate of drug-likeness (QED) is 0.301. The zero-order valence-corrected chi connectivity index (χ0v) is 26.9. The highest BCUT2D eigenvalue weighted by molar-refractivity contribution is 9.10. The number of likely N-dealkylation sites (N-methyl/N-ethyl adjacent to an activating group) is 1. The standard InChI is InChI=1S/C35H41BrN4O4/c1-39(21-25-7-2-4-9-28(25)36)33(42)30(16-26-20-37-29-10-5-3-8-27(26)29)38-32(41)31-11-6-12-40(31)34(43)44-35-17-22-13-23(18-35)15-24(14-22)19-35/h2-5,7-10,20,22-24,30-31,37H,6,11-19,21H2,1H3,(H,38,41). The molecule has 8 nitrogen and oxygen atoms in total. The Labute approximate surface area is 267 Å². The normalized spacial score (nSPS) is 27.8. The van der Waals surface area contributed by atoms with Crippen LogP contribution in [0.25, 0.3) is 10.9 Å². The van der Waals surface area contributed by atoms with E-state index < -0.39 is 12.1 Å². The van der Waals surface area contributed by atoms with Crippen molar-refractivity contribution in [2.75, 3.05) is 13.6 Å². The van der Waals surface area contributed by atoms with Crippen LogP contribution in [0.4, 0.5) is 4.79 Å². The Morgan fingerprint density at radius 3 is 2.43 bits per heavy atom. The first-order chi connectivity index (χ1) is 21.3. The summed E-state index contributed by atoms with van der Waals surface area (Å²) in [6, 6.07) is 14.3. The summed E-state index contributed by atoms with van der Waals surface area (Å²) in [7, 11) is 1.76. The fourth-order valence-electron chi connectivity index (χ4n) is 8.87. The van der Waals surface area contributed by atoms with E-state index in [-0.39, 0.29) is 23.5 Å². The average Bonchev–Trinajstić information content (AvgIpc) is 3.65. The lowest BCUT2D eigenvalue weighted by atomic mass is 9.54. The third kappa shape index (κ3) is 5.75. The molecule has 0 spiro atoms. The highest BCUT2D eigenvalue weighted by Crippen LogP contribution is 2.57. The molecule has 1 aromatic heterocycles. The second kappa shape index (κ2) is 11.9. The smallest absolute Gasteiger partial charge is 0.411 e. The van der Waals surface area contributed by atoms with Gasteiger partial charge in [0.15, 0.2) is 0 Å². The summed E-state index contributed by atoms with van der Waals surface area (Å²) in [6.45, 7) is 0.889. The van der Waals surface area contributed by atoms with Gasteiger partial charge in [-0.3, -0.25) is 14.5 Å². The van der Waals surface area contributed by atoms with Gasteiger partial charge in [-0.05, 0) is 92.4 Å². The molecule has 0 radical (unpaired) electrons. The van der Waals surface area contributed by atoms with Crippen molar-refractivity contribution in [3.8, 4) is 0 Å². The van der Waals surface area contributed by atoms with E-state index in [1.165, 1.54) is 19.3 Å². The molecule has 1 saturated heterocycles. The molecule has 9 heteroatoms. The summed E-state index contributed by atoms with van der Waals surface area (Å²) in [4.78, 5) is 48.1. The van der Waals surface area contributed by atoms with Crippen LogP contribution in [0.3, 0.4) is 0 Å². The van der Waals surface area contributed by atoms with Crippen LogP contribution in [0.15, 0.2) is 59.2 Å². The van der Waals surface area contributed by atoms with Crippen LogP contribution < -0.4 is 5.32 Å². The van der Waals surface area contributed by atoms with Crippen molar-refractivity contribution >= 4 is 44.7 Å². The number of hydrogen-bond acceptors (Lipinski definition) is 4. The largest absolute Gasteiger partial charge is 0.443 e. The summed E-state index contributed by atoms with van der Waals surface area (Å²) in [5.41, 5.74) is 2.56. The molecular formula is C35H41BrN4O4. The van der Waals surface area contributed by atoms with Crippen LogP contribution in [0.2, 0.25) is 0 Å². The van der Waals surface area contributed by atoms with Gasteiger partial charge in [0.2, 0.25) is 11.8 Å². The summed E-state index contributed by atoms with van der Waals surface area (Å²) >= 11 is 3.59. The molecule has 2 N–H and O–H groups in total. The number of para-hydroxylation sites is 1. The molecule has 5 aliphatic rings. The monoisotopic (exact) mass is 660 g/mol. The molecule has 4 bridgehead atoms. The average molecular weight is 662 g/mol. The van der Waals surface area contributed by atoms with Gasteiger partial charge in [0.05, 0.1) is 0 Å². The van der Waals surface area contributed by atoms with Crippen molar-refractivity contribution in [1.82, 2.24) is 20.1 Å². The third-order valence-corrected chi connectivity index (χ3v) is 11.3. The Kier molecular flexibility index (Phi) is 7.93. The van der Waals surface area contributed by atoms with Gasteiger partial charge in [0.1, 0.15) is 17.7 Å². The van der Waals surface area contributed by atoms with E-state index in [0.717, 1.165) is 52.2 Å². The van der Waals surface area contributed by atoms with Crippen LogP contribution in [0, 0.1) is 17.8 Å². The van der Waals surface area contributed by atoms with Crippen molar-refractivity contribution in [3.63, 3.8) is 0 Å². The first-order valence-corrected chi connectivity index (χ1v) is 16.9. The second-order valence-electron chi connectivity index (χ2n) is 13.7. The van der Waals surface area contributed by atoms with Crippen molar-refractivity contribution < 1.29 is 19.1 Å². The van der Waals surface area contributed by atoms with Crippen LogP contribution >= 0.6 is 15.9 Å². The third-order valence-electron chi connectivity index (χ3n) is 10.5. The number of aromatic amines is 1. The van der Waals surface area contributed by atoms with E-state index in [9.17, 15) is 14.4 Å². The van der Waals surface area contributed by atoms with Crippen LogP contribution in [-0.4, -0.2) is 64.0 Å². The number of aromatic nitrogens is 1. The molecule has 44 heavy (non-hydrogen) atoms. The van der Waals surface area contributed by atoms with Gasteiger partial charge in [0, 0.05) is 48.1 Å². The maximum Gasteiger partial charge on any atom is 0.411 e. The predicted molar refractivity (Wildman–Crippen MR) is 172 cm³/mol. The molecule has 2 atom stereocenters. The predicted octanol–water partition coefficient (Wildman–Crippen LogP) is 6.19. The zero-order valence-electron chi connectivity index (χ0n) is 25.3. The lowest BCUT2D eigenvalue weighted by Crippen LogP contribution is -2.56. The molecule has 232 valence electrons. The number of nitrogens with one attached hydrogen (secondary N) is 2. The van der Waals surface area contributed by atoms with Gasteiger partial charge in [-0.15, -0.1) is 0 Å². The second-order valence-corrected chi connectivity index (χ2v) is 14.6. The minimum Gasteiger partial charge on any atom is -0.443 e. The summed E-state index contributed by atoms with van der Waals surface area (Å²) in [6.07, 6.45) is 9.86. The molecular weight excluding hydrogens is 620 g/mol. The van der Waals surface area contributed by atoms with Gasteiger partial charge in [0.25, 0.3) is 0 Å². The Hall–Kier alpha value is -3.33. The maximum absolute atomic E-state index is 14.0. The van der Waals surface area contributed by atoms with Crippen molar-refractivity contribution in [3.05, 3.63) is 70.3 Å². The molecule has 1 aliphatic heterocycles. The molecule has 8 rings (SSSR count). The van der Waals surface area contributed by atoms with E-state index in [4.69, 9.17) is 4.74 Å². The molecule has 2 aromatic carbocycles. The SMILES string of the molecule is CN(Cc1ccccc1Br)C(=O)C(Cc1c[nH]c2ccccc12)NC(=O)C1CCCN1C(=O)OC12CC3CC(CC(C3)C1)C2. The number of ether oxygens (including phenoxy) is 1. The summed E-state index contributed by atoms with van der Waals surface area (Å²) in [5, 5.41) is 4.10. The Balaban J connectivity index is 1.08. The number of rotatable bonds is 8. The number of likely N-dealkylation sites (tertiary alicyclic amines) is 1. The van der Waals surface area contributed by atoms with Crippen LogP contribution in [-0.2, 0) is 27.3 Å². The first-order valence-electron chi connectivity index (χ1n) is 16.1. The Morgan fingerprint density at radius 2 is 1.70 bits per heavy atom. The summed E-state index contributed by atoms with van der Waals surface area (Å²) < 4.78 is 7.27. The van der Waals surface area contributed by atoms with Crippen LogP contribution in [0.5, 0.6) is 0 Å². The van der Waals surface area contributed by atoms with Gasteiger partial charge < -0.3 is 19.9 Å². The molecule has 2 unspecified atom stereocenters. The molecule has 3 aromatic rings. The number of nitrogens with zero attached hydrogens (tertiary/aromatic N) is 2. The number of benzene rings is 2. The van der Waals surface area contributed by atoms with E-state index >= 15 is 0 Å². The first kappa shape index (κ1) is 29.4. The fourth-order valence-corrected chi connectivity index (χ4v) is 9.28. The lowest BCUT2D eigenvalue weighted by Gasteiger charge is -2.55. The zero-order chi connectivity index (χ0) is 30.4. The lowest BCUT2D eigenvalue weighted by molar-refractivity contribution is -0.140. The number of H-pyrrole nitrogens is 1. The maximum atomic E-state index is 14.0. The molecule has 2 heterocycles. The minimum absolute atomic E-state index is 0.180. The minimum atomic E-state index is -0.796. The van der Waals surface area contributed by atoms with Gasteiger partial charge in [-0.1, -0.05) is 52.3 Å². The molecule has 3 amide bonds. The number of hydrogen-bond donors (Lipinski definition) is 2. The van der Waals surface area contributed by atoms with Gasteiger partial charge in [-0.2, -0.15) is 0 Å². The number of carbonyl (C=O) groups excluding carboxylic acids is 3. The van der Waals surface area contributed by atoms with E-state index in [1.54, 1.807) is 16.8 Å². The molecule has 5 fully saturated rings. The molecule has 4 saturated carbocycles. The number of halogens is 1. The molecule has 4 aliphatic carbocycles. The van der Waals surface area contributed by atoms with Crippen LogP contribution in [0.1, 0.15) is 62.5 Å². The fraction of sp³-hybridized carbons (Fsp3) is 0.514. The van der Waals surface area contributed by atoms with Gasteiger partial charge >= 0.3 is 6.09 Å². The Bertz CT molecular complexity index is 1530. The highest BCUT2D eigenvalue weighted by Gasteiger charge is 2.54. The van der Waals surface area contributed by atoms with Gasteiger partial charge in [-0.25, -0.2) is 4.79 Å². The summed E-state index contributed by atoms with van der Waals surface area (Å²) in [5.74, 6) is 1.52. The number of fused-ring (bicyclic) bond motifs is 1. The van der Waals surface area contributed by atoms with E-state index in [1.807, 2.05) is 54.7 Å². The number of amides is 3. The topological polar surface area (TPSA) is 94.7 Å². The highest BCUT2D eigenvalue weighted by atomic mass is 79.9. The number of carbonyl (C=O) groups is 3. The van der Waals surface area contributed by atoms with Crippen molar-refractivity contribution in [2.45, 2.75) is 82.0 Å². The Morgan fingerprint density at radius 1 is 1.02 bits per heavy atom. The van der Waals surface area contributed by atoms with Crippen molar-refractivity contribution in [1.29, 1.82) is 0 Å².